The predicted molar refractivity (Wildman–Crippen MR) is 124 cm³/mol. The van der Waals surface area contributed by atoms with Crippen LogP contribution in [0, 0.1) is 29.6 Å². The fraction of sp³-hybridized carbons (Fsp3) is 0.0800. The van der Waals surface area contributed by atoms with Crippen LogP contribution in [0.4, 0.5) is 5.82 Å². The standard InChI is InChI=1S/C25H18N6O2/c1-16-11-22(29-23-20(16)9-6-10-21(23)33-2)31-24(19(14-27)15-28-31)30-25(32)18(13-26)12-17-7-4-3-5-8-17/h3-12,15H,1-2H3,(H,30,32)/b18-12+. The molecule has 33 heavy (non-hydrogen) atoms. The molecule has 0 atom stereocenters. The minimum atomic E-state index is -0.658. The van der Waals surface area contributed by atoms with Crippen molar-refractivity contribution in [2.24, 2.45) is 0 Å². The van der Waals surface area contributed by atoms with Crippen LogP contribution < -0.4 is 10.1 Å². The number of hydrogen-bond donors (Lipinski definition) is 1. The molecular formula is C25H18N6O2. The van der Waals surface area contributed by atoms with Crippen LogP contribution in [0.2, 0.25) is 0 Å². The number of nitrogens with zero attached hydrogens (tertiary/aromatic N) is 5. The average molecular weight is 434 g/mol. The Hall–Kier alpha value is -4.95. The summed E-state index contributed by atoms with van der Waals surface area (Å²) in [6.45, 7) is 1.93. The van der Waals surface area contributed by atoms with Crippen LogP contribution in [-0.4, -0.2) is 27.8 Å². The number of anilines is 1. The highest BCUT2D eigenvalue weighted by Gasteiger charge is 2.19. The molecule has 2 aromatic heterocycles. The fourth-order valence-corrected chi connectivity index (χ4v) is 3.41. The number of nitriles is 2. The Morgan fingerprint density at radius 1 is 1.15 bits per heavy atom. The second kappa shape index (κ2) is 9.04. The van der Waals surface area contributed by atoms with Gasteiger partial charge in [0.1, 0.15) is 34.5 Å². The molecule has 4 rings (SSSR count). The number of methoxy groups -OCH3 is 1. The van der Waals surface area contributed by atoms with Gasteiger partial charge in [-0.15, -0.1) is 0 Å². The maximum absolute atomic E-state index is 12.9. The number of hydrogen-bond acceptors (Lipinski definition) is 6. The summed E-state index contributed by atoms with van der Waals surface area (Å²) in [5, 5.41) is 26.9. The molecule has 0 saturated carbocycles. The van der Waals surface area contributed by atoms with Crippen LogP contribution in [0.15, 0.2) is 66.4 Å². The van der Waals surface area contributed by atoms with E-state index in [1.807, 2.05) is 49.4 Å². The van der Waals surface area contributed by atoms with Crippen LogP contribution in [-0.2, 0) is 4.79 Å². The van der Waals surface area contributed by atoms with E-state index in [1.165, 1.54) is 17.0 Å². The topological polar surface area (TPSA) is 117 Å². The number of ether oxygens (including phenoxy) is 1. The van der Waals surface area contributed by atoms with Crippen LogP contribution in [0.3, 0.4) is 0 Å². The molecule has 0 bridgehead atoms. The van der Waals surface area contributed by atoms with Crippen molar-refractivity contribution in [2.75, 3.05) is 12.4 Å². The molecule has 1 amide bonds. The van der Waals surface area contributed by atoms with Crippen LogP contribution in [0.5, 0.6) is 5.75 Å². The molecule has 0 aliphatic carbocycles. The van der Waals surface area contributed by atoms with Crippen LogP contribution in [0.1, 0.15) is 16.7 Å². The molecule has 8 heteroatoms. The van der Waals surface area contributed by atoms with E-state index in [0.717, 1.165) is 10.9 Å². The molecule has 0 unspecified atom stereocenters. The highest BCUT2D eigenvalue weighted by Crippen LogP contribution is 2.29. The molecule has 4 aromatic rings. The molecule has 0 aliphatic heterocycles. The van der Waals surface area contributed by atoms with E-state index in [0.29, 0.717) is 22.6 Å². The van der Waals surface area contributed by atoms with Crippen molar-refractivity contribution >= 4 is 28.7 Å². The summed E-state index contributed by atoms with van der Waals surface area (Å²) in [6, 6.07) is 20.4. The smallest absolute Gasteiger partial charge is 0.267 e. The third kappa shape index (κ3) is 4.14. The van der Waals surface area contributed by atoms with Gasteiger partial charge in [-0.2, -0.15) is 20.3 Å². The molecule has 0 saturated heterocycles. The fourth-order valence-electron chi connectivity index (χ4n) is 3.41. The molecule has 0 fully saturated rings. The third-order valence-corrected chi connectivity index (χ3v) is 5.03. The molecule has 1 N–H and O–H groups in total. The Morgan fingerprint density at radius 3 is 2.64 bits per heavy atom. The van der Waals surface area contributed by atoms with Gasteiger partial charge in [-0.3, -0.25) is 4.79 Å². The first kappa shape index (κ1) is 21.3. The van der Waals surface area contributed by atoms with Crippen molar-refractivity contribution in [3.63, 3.8) is 0 Å². The number of aromatic nitrogens is 3. The van der Waals surface area contributed by atoms with Gasteiger partial charge in [-0.25, -0.2) is 4.98 Å². The molecule has 160 valence electrons. The van der Waals surface area contributed by atoms with E-state index in [1.54, 1.807) is 31.4 Å². The number of carbonyl (C=O) groups excluding carboxylic acids is 1. The zero-order valence-electron chi connectivity index (χ0n) is 17.9. The lowest BCUT2D eigenvalue weighted by atomic mass is 10.1. The van der Waals surface area contributed by atoms with E-state index in [9.17, 15) is 15.3 Å². The number of nitrogens with one attached hydrogen (secondary N) is 1. The Bertz CT molecular complexity index is 1470. The van der Waals surface area contributed by atoms with Gasteiger partial charge < -0.3 is 10.1 Å². The quantitative estimate of drug-likeness (QED) is 0.372. The van der Waals surface area contributed by atoms with E-state index in [4.69, 9.17) is 4.74 Å². The maximum Gasteiger partial charge on any atom is 0.267 e. The minimum absolute atomic E-state index is 0.109. The summed E-state index contributed by atoms with van der Waals surface area (Å²) < 4.78 is 6.81. The molecule has 0 aliphatic rings. The normalized spacial score (nSPS) is 11.0. The van der Waals surface area contributed by atoms with Gasteiger partial charge in [0.05, 0.1) is 13.3 Å². The van der Waals surface area contributed by atoms with Crippen molar-refractivity contribution < 1.29 is 9.53 Å². The van der Waals surface area contributed by atoms with Gasteiger partial charge >= 0.3 is 0 Å². The zero-order valence-corrected chi connectivity index (χ0v) is 17.9. The lowest BCUT2D eigenvalue weighted by molar-refractivity contribution is -0.112. The second-order valence-corrected chi connectivity index (χ2v) is 7.12. The minimum Gasteiger partial charge on any atom is -0.494 e. The van der Waals surface area contributed by atoms with Crippen LogP contribution >= 0.6 is 0 Å². The number of benzene rings is 2. The summed E-state index contributed by atoms with van der Waals surface area (Å²) in [7, 11) is 1.56. The van der Waals surface area contributed by atoms with Crippen molar-refractivity contribution in [2.45, 2.75) is 6.92 Å². The number of rotatable bonds is 5. The Morgan fingerprint density at radius 2 is 1.94 bits per heavy atom. The highest BCUT2D eigenvalue weighted by atomic mass is 16.5. The van der Waals surface area contributed by atoms with E-state index in [-0.39, 0.29) is 17.0 Å². The maximum atomic E-state index is 12.9. The van der Waals surface area contributed by atoms with Gasteiger partial charge in [0.2, 0.25) is 0 Å². The largest absolute Gasteiger partial charge is 0.494 e. The molecule has 2 heterocycles. The van der Waals surface area contributed by atoms with Gasteiger partial charge in [0.15, 0.2) is 11.6 Å². The molecule has 0 radical (unpaired) electrons. The number of carbonyl (C=O) groups is 1. The Labute approximate surface area is 190 Å². The highest BCUT2D eigenvalue weighted by molar-refractivity contribution is 6.09. The van der Waals surface area contributed by atoms with E-state index < -0.39 is 5.91 Å². The van der Waals surface area contributed by atoms with E-state index >= 15 is 0 Å². The summed E-state index contributed by atoms with van der Waals surface area (Å²) in [6.07, 6.45) is 2.82. The molecular weight excluding hydrogens is 416 g/mol. The Balaban J connectivity index is 1.78. The average Bonchev–Trinajstić information content (AvgIpc) is 3.25. The van der Waals surface area contributed by atoms with Crippen molar-refractivity contribution in [1.29, 1.82) is 10.5 Å². The molecule has 8 nitrogen and oxygen atoms in total. The van der Waals surface area contributed by atoms with Gasteiger partial charge in [0, 0.05) is 5.39 Å². The zero-order chi connectivity index (χ0) is 23.4. The number of para-hydroxylation sites is 1. The number of amides is 1. The van der Waals surface area contributed by atoms with Crippen molar-refractivity contribution in [3.8, 4) is 23.7 Å². The van der Waals surface area contributed by atoms with Crippen molar-refractivity contribution in [1.82, 2.24) is 14.8 Å². The number of pyridine rings is 1. The first-order valence-electron chi connectivity index (χ1n) is 9.96. The first-order chi connectivity index (χ1) is 16.0. The van der Waals surface area contributed by atoms with Crippen LogP contribution in [0.25, 0.3) is 22.8 Å². The Kier molecular flexibility index (Phi) is 5.83. The number of aryl methyl sites for hydroxylation is 1. The van der Waals surface area contributed by atoms with Gasteiger partial charge in [-0.1, -0.05) is 42.5 Å². The summed E-state index contributed by atoms with van der Waals surface area (Å²) in [4.78, 5) is 17.5. The molecule has 2 aromatic carbocycles. The van der Waals surface area contributed by atoms with Gasteiger partial charge in [-0.05, 0) is 36.3 Å². The van der Waals surface area contributed by atoms with E-state index in [2.05, 4.69) is 15.4 Å². The molecule has 0 spiro atoms. The predicted octanol–water partition coefficient (Wildman–Crippen LogP) is 4.15. The summed E-state index contributed by atoms with van der Waals surface area (Å²) in [5.74, 6) is 0.452. The third-order valence-electron chi connectivity index (χ3n) is 5.03. The summed E-state index contributed by atoms with van der Waals surface area (Å²) in [5.41, 5.74) is 2.28. The summed E-state index contributed by atoms with van der Waals surface area (Å²) >= 11 is 0. The monoisotopic (exact) mass is 434 g/mol. The lowest BCUT2D eigenvalue weighted by Crippen LogP contribution is -2.17. The van der Waals surface area contributed by atoms with Crippen molar-refractivity contribution in [3.05, 3.63) is 83.1 Å². The SMILES string of the molecule is COc1cccc2c(C)cc(-n3ncc(C#N)c3NC(=O)/C(C#N)=C/c3ccccc3)nc12. The first-order valence-corrected chi connectivity index (χ1v) is 9.96. The second-order valence-electron chi connectivity index (χ2n) is 7.12. The number of fused-ring (bicyclic) bond motifs is 1. The van der Waals surface area contributed by atoms with Gasteiger partial charge in [0.25, 0.3) is 5.91 Å². The lowest BCUT2D eigenvalue weighted by Gasteiger charge is -2.12.